The zero-order valence-corrected chi connectivity index (χ0v) is 29.0. The van der Waals surface area contributed by atoms with E-state index in [0.717, 1.165) is 25.7 Å². The second-order valence-electron chi connectivity index (χ2n) is 16.4. The minimum atomic E-state index is 0.409. The number of hydrogen-bond donors (Lipinski definition) is 0. The molecule has 6 atom stereocenters. The Morgan fingerprint density at radius 2 is 1.45 bits per heavy atom. The maximum atomic E-state index is 6.56. The minimum absolute atomic E-state index is 0.409. The maximum absolute atomic E-state index is 6.56. The van der Waals surface area contributed by atoms with E-state index in [-0.39, 0.29) is 0 Å². The highest BCUT2D eigenvalue weighted by molar-refractivity contribution is 6.20. The molecule has 9 aliphatic rings. The lowest BCUT2D eigenvalue weighted by atomic mass is 9.81. The summed E-state index contributed by atoms with van der Waals surface area (Å²) in [5.41, 5.74) is 12.9. The molecule has 0 N–H and O–H groups in total. The van der Waals surface area contributed by atoms with Gasteiger partial charge in [0.2, 0.25) is 5.96 Å². The van der Waals surface area contributed by atoms with Crippen molar-refractivity contribution in [2.45, 2.75) is 139 Å². The Kier molecular flexibility index (Phi) is 6.76. The van der Waals surface area contributed by atoms with Crippen molar-refractivity contribution in [3.63, 3.8) is 0 Å². The fraction of sp³-hybridized carbons (Fsp3) is 0.523. The van der Waals surface area contributed by atoms with E-state index in [1.807, 2.05) is 0 Å². The van der Waals surface area contributed by atoms with Gasteiger partial charge >= 0.3 is 0 Å². The summed E-state index contributed by atoms with van der Waals surface area (Å²) >= 11 is 0. The third kappa shape index (κ3) is 4.45. The van der Waals surface area contributed by atoms with Crippen molar-refractivity contribution >= 4 is 23.0 Å². The second-order valence-corrected chi connectivity index (χ2v) is 16.4. The molecule has 6 unspecified atom stereocenters. The Balaban J connectivity index is 0.990. The summed E-state index contributed by atoms with van der Waals surface area (Å²) in [5, 5.41) is 0. The number of hydrogen-bond acceptors (Lipinski definition) is 5. The fourth-order valence-electron chi connectivity index (χ4n) is 11.5. The van der Waals surface area contributed by atoms with Crippen LogP contribution in [0.1, 0.15) is 121 Å². The van der Waals surface area contributed by atoms with Gasteiger partial charge in [0, 0.05) is 41.4 Å². The van der Waals surface area contributed by atoms with E-state index >= 15 is 0 Å². The topological polar surface area (TPSA) is 31.3 Å². The number of allylic oxidation sites excluding steroid dienone is 7. The number of nitrogens with zero attached hydrogens (tertiary/aromatic N) is 4. The largest absolute Gasteiger partial charge is 0.494 e. The Morgan fingerprint density at radius 1 is 0.653 bits per heavy atom. The monoisotopic (exact) mass is 650 g/mol. The Bertz CT molecular complexity index is 1860. The van der Waals surface area contributed by atoms with E-state index in [1.54, 1.807) is 5.56 Å². The molecule has 3 saturated carbocycles. The van der Waals surface area contributed by atoms with Gasteiger partial charge in [-0.05, 0) is 123 Å². The van der Waals surface area contributed by atoms with Crippen LogP contribution in [-0.2, 0) is 4.74 Å². The number of guanidine groups is 1. The smallest absolute Gasteiger partial charge is 0.211 e. The molecule has 4 aliphatic heterocycles. The van der Waals surface area contributed by atoms with E-state index in [9.17, 15) is 0 Å². The Hall–Kier alpha value is -3.73. The summed E-state index contributed by atoms with van der Waals surface area (Å²) in [6, 6.07) is 16.3. The lowest BCUT2D eigenvalue weighted by molar-refractivity contribution is 0.0783. The van der Waals surface area contributed by atoms with Crippen LogP contribution < -0.4 is 14.7 Å². The maximum Gasteiger partial charge on any atom is 0.211 e. The minimum Gasteiger partial charge on any atom is -0.494 e. The van der Waals surface area contributed by atoms with Gasteiger partial charge in [-0.1, -0.05) is 62.8 Å². The molecule has 49 heavy (non-hydrogen) atoms. The second kappa shape index (κ2) is 11.4. The van der Waals surface area contributed by atoms with Gasteiger partial charge < -0.3 is 14.5 Å². The van der Waals surface area contributed by atoms with Gasteiger partial charge in [-0.25, -0.2) is 4.99 Å². The average molecular weight is 651 g/mol. The molecular formula is C44H50N4O. The van der Waals surface area contributed by atoms with Crippen molar-refractivity contribution in [3.05, 3.63) is 89.0 Å². The van der Waals surface area contributed by atoms with Crippen LogP contribution in [0.25, 0.3) is 11.1 Å². The molecule has 2 aromatic rings. The van der Waals surface area contributed by atoms with Crippen molar-refractivity contribution in [3.8, 4) is 11.1 Å². The molecule has 4 heterocycles. The third-order valence-corrected chi connectivity index (χ3v) is 13.8. The summed E-state index contributed by atoms with van der Waals surface area (Å²) in [6.07, 6.45) is 31.2. The molecule has 0 spiro atoms. The number of rotatable bonds is 3. The van der Waals surface area contributed by atoms with Crippen molar-refractivity contribution in [1.29, 1.82) is 0 Å². The number of anilines is 3. The van der Waals surface area contributed by atoms with E-state index in [0.29, 0.717) is 36.1 Å². The van der Waals surface area contributed by atoms with E-state index in [2.05, 4.69) is 75.4 Å². The van der Waals surface area contributed by atoms with Crippen LogP contribution >= 0.6 is 0 Å². The Morgan fingerprint density at radius 3 is 2.37 bits per heavy atom. The highest BCUT2D eigenvalue weighted by Gasteiger charge is 2.48. The molecule has 2 aromatic carbocycles. The molecule has 11 rings (SSSR count). The van der Waals surface area contributed by atoms with Gasteiger partial charge in [0.25, 0.3) is 0 Å². The van der Waals surface area contributed by atoms with Crippen LogP contribution in [0.15, 0.2) is 88.4 Å². The molecule has 5 aliphatic carbocycles. The number of ether oxygens (including phenoxy) is 1. The first-order chi connectivity index (χ1) is 24.3. The van der Waals surface area contributed by atoms with Gasteiger partial charge in [0.15, 0.2) is 0 Å². The lowest BCUT2D eigenvalue weighted by Gasteiger charge is -2.35. The summed E-state index contributed by atoms with van der Waals surface area (Å²) in [7, 11) is 0. The van der Waals surface area contributed by atoms with E-state index < -0.39 is 0 Å². The number of aliphatic imine (C=N–C) groups is 1. The highest BCUT2D eigenvalue weighted by atomic mass is 16.5. The third-order valence-electron chi connectivity index (χ3n) is 13.8. The van der Waals surface area contributed by atoms with E-state index in [1.165, 1.54) is 140 Å². The van der Waals surface area contributed by atoms with Crippen LogP contribution in [0.3, 0.4) is 0 Å². The van der Waals surface area contributed by atoms with Crippen LogP contribution in [0.2, 0.25) is 0 Å². The number of fused-ring (bicyclic) bond motifs is 10. The lowest BCUT2D eigenvalue weighted by Crippen LogP contribution is -2.41. The molecule has 5 heteroatoms. The molecule has 5 nitrogen and oxygen atoms in total. The normalized spacial score (nSPS) is 32.6. The first-order valence-corrected chi connectivity index (χ1v) is 20.0. The molecule has 0 bridgehead atoms. The molecular weight excluding hydrogens is 601 g/mol. The average Bonchev–Trinajstić information content (AvgIpc) is 3.84. The first kappa shape index (κ1) is 29.0. The standard InChI is InChI=1S/C44H50N4O/c1-3-11-30(12-4-1)46-37-16-9-7-13-32(37)34-25-28(19-22-38(34)46)29-20-23-40-41(26-29)48-39-17-6-2-5-15-36(39)45-44(48)47(40)31-21-24-43-35(27-31)33-14-8-10-18-42(33)49-43/h1,3,11,19-20,22-23,25-27,32-33,36-37,39,42H,2,4-10,12-18,21,24H2. The summed E-state index contributed by atoms with van der Waals surface area (Å²) in [5.74, 6) is 3.71. The van der Waals surface area contributed by atoms with Crippen molar-refractivity contribution in [1.82, 2.24) is 0 Å². The van der Waals surface area contributed by atoms with Crippen LogP contribution in [0.4, 0.5) is 17.1 Å². The molecule has 0 saturated heterocycles. The predicted molar refractivity (Wildman–Crippen MR) is 200 cm³/mol. The number of benzene rings is 2. The van der Waals surface area contributed by atoms with Crippen molar-refractivity contribution in [2.24, 2.45) is 10.9 Å². The van der Waals surface area contributed by atoms with Crippen LogP contribution in [0, 0.1) is 5.92 Å². The summed E-state index contributed by atoms with van der Waals surface area (Å²) < 4.78 is 6.56. The quantitative estimate of drug-likeness (QED) is 0.331. The summed E-state index contributed by atoms with van der Waals surface area (Å²) in [4.78, 5) is 13.6. The SMILES string of the molecule is C1=CCCC(N2c3ccc(-c4ccc5c(c4)N4C(=NC6CCCCCC64)N5C4=CC5=C(CC4)OC4CCCCC54)cc3C3CCCCC32)=C1. The molecule has 0 aromatic heterocycles. The molecule has 252 valence electrons. The van der Waals surface area contributed by atoms with E-state index in [4.69, 9.17) is 9.73 Å². The van der Waals surface area contributed by atoms with Gasteiger partial charge in [-0.3, -0.25) is 4.90 Å². The Labute approximate surface area is 292 Å². The first-order valence-electron chi connectivity index (χ1n) is 20.0. The zero-order valence-electron chi connectivity index (χ0n) is 29.0. The van der Waals surface area contributed by atoms with Gasteiger partial charge in [0.05, 0.1) is 23.5 Å². The van der Waals surface area contributed by atoms with Crippen LogP contribution in [0.5, 0.6) is 0 Å². The van der Waals surface area contributed by atoms with Crippen molar-refractivity contribution < 1.29 is 4.74 Å². The van der Waals surface area contributed by atoms with Gasteiger partial charge in [-0.2, -0.15) is 0 Å². The summed E-state index contributed by atoms with van der Waals surface area (Å²) in [6.45, 7) is 0. The molecule has 3 fully saturated rings. The fourth-order valence-corrected chi connectivity index (χ4v) is 11.5. The zero-order chi connectivity index (χ0) is 32.1. The molecule has 0 radical (unpaired) electrons. The van der Waals surface area contributed by atoms with Crippen molar-refractivity contribution in [2.75, 3.05) is 14.7 Å². The predicted octanol–water partition coefficient (Wildman–Crippen LogP) is 10.7. The van der Waals surface area contributed by atoms with Gasteiger partial charge in [-0.15, -0.1) is 0 Å². The van der Waals surface area contributed by atoms with Gasteiger partial charge in [0.1, 0.15) is 11.9 Å². The van der Waals surface area contributed by atoms with Crippen LogP contribution in [-0.4, -0.2) is 30.2 Å². The molecule has 0 amide bonds. The highest BCUT2D eigenvalue weighted by Crippen LogP contribution is 2.54.